The molecule has 0 saturated carbocycles. The average molecular weight is 370 g/mol. The quantitative estimate of drug-likeness (QED) is 0.512. The highest BCUT2D eigenvalue weighted by Gasteiger charge is 2.06. The molecular weight excluding hydrogens is 352 g/mol. The van der Waals surface area contributed by atoms with Crippen molar-refractivity contribution in [2.24, 2.45) is 0 Å². The van der Waals surface area contributed by atoms with E-state index in [1.165, 1.54) is 0 Å². The maximum absolute atomic E-state index is 12.1. The van der Waals surface area contributed by atoms with Crippen molar-refractivity contribution in [3.63, 3.8) is 0 Å². The molecule has 0 unspecified atom stereocenters. The van der Waals surface area contributed by atoms with E-state index in [4.69, 9.17) is 0 Å². The van der Waals surface area contributed by atoms with Crippen molar-refractivity contribution in [2.45, 2.75) is 12.2 Å². The van der Waals surface area contributed by atoms with Crippen molar-refractivity contribution in [2.75, 3.05) is 17.6 Å². The lowest BCUT2D eigenvalue weighted by Gasteiger charge is -2.06. The maximum atomic E-state index is 12.1. The fraction of sp³-hybridized carbons (Fsp3) is 0.235. The minimum absolute atomic E-state index is 0.201. The Labute approximate surface area is 154 Å². The molecule has 3 heterocycles. The Morgan fingerprint density at radius 2 is 2.08 bits per heavy atom. The number of hydrogen-bond donors (Lipinski definition) is 3. The fourth-order valence-electron chi connectivity index (χ4n) is 2.20. The number of thioether (sulfide) groups is 1. The molecule has 0 radical (unpaired) electrons. The standard InChI is InChI=1S/C17H18N6O2S/c24-15-4-2-6-19-14(15)11-26-8-7-20-17-21-16(25)13(22-23-17)9-12-3-1-5-18-10-12/h1-6,10,24H,7-9,11H2,(H2,20,21,23,25). The highest BCUT2D eigenvalue weighted by Crippen LogP contribution is 2.18. The van der Waals surface area contributed by atoms with Gasteiger partial charge >= 0.3 is 0 Å². The van der Waals surface area contributed by atoms with Crippen LogP contribution in [0.1, 0.15) is 17.0 Å². The molecule has 0 atom stereocenters. The van der Waals surface area contributed by atoms with Crippen LogP contribution in [-0.2, 0) is 12.2 Å². The molecule has 0 fully saturated rings. The van der Waals surface area contributed by atoms with Crippen LogP contribution in [0.25, 0.3) is 0 Å². The Morgan fingerprint density at radius 3 is 2.85 bits per heavy atom. The summed E-state index contributed by atoms with van der Waals surface area (Å²) in [6, 6.07) is 7.01. The first-order valence-corrected chi connectivity index (χ1v) is 9.17. The van der Waals surface area contributed by atoms with Gasteiger partial charge in [0.25, 0.3) is 5.56 Å². The van der Waals surface area contributed by atoms with Crippen LogP contribution in [0.5, 0.6) is 5.75 Å². The SMILES string of the molecule is O=c1nc(NCCSCc2ncccc2O)[nH]nc1Cc1cccnc1. The van der Waals surface area contributed by atoms with E-state index in [-0.39, 0.29) is 11.3 Å². The summed E-state index contributed by atoms with van der Waals surface area (Å²) in [4.78, 5) is 24.2. The topological polar surface area (TPSA) is 117 Å². The number of hydrogen-bond acceptors (Lipinski definition) is 8. The summed E-state index contributed by atoms with van der Waals surface area (Å²) in [6.07, 6.45) is 5.42. The smallest absolute Gasteiger partial charge is 0.296 e. The molecule has 0 aromatic carbocycles. The van der Waals surface area contributed by atoms with E-state index in [1.807, 2.05) is 12.1 Å². The second-order valence-corrected chi connectivity index (χ2v) is 6.53. The summed E-state index contributed by atoms with van der Waals surface area (Å²) in [5.74, 6) is 1.91. The molecular formula is C17H18N6O2S. The second kappa shape index (κ2) is 8.95. The molecule has 134 valence electrons. The number of aromatic amines is 1. The highest BCUT2D eigenvalue weighted by atomic mass is 32.2. The van der Waals surface area contributed by atoms with Gasteiger partial charge in [0, 0.05) is 43.1 Å². The molecule has 0 bridgehead atoms. The largest absolute Gasteiger partial charge is 0.506 e. The first kappa shape index (κ1) is 17.9. The summed E-state index contributed by atoms with van der Waals surface area (Å²) < 4.78 is 0. The van der Waals surface area contributed by atoms with Gasteiger partial charge in [-0.1, -0.05) is 6.07 Å². The highest BCUT2D eigenvalue weighted by molar-refractivity contribution is 7.98. The lowest BCUT2D eigenvalue weighted by Crippen LogP contribution is -2.20. The van der Waals surface area contributed by atoms with E-state index in [0.717, 1.165) is 11.3 Å². The van der Waals surface area contributed by atoms with Crippen LogP contribution in [-0.4, -0.2) is 42.6 Å². The monoisotopic (exact) mass is 370 g/mol. The molecule has 0 saturated heterocycles. The van der Waals surface area contributed by atoms with Crippen LogP contribution in [0.4, 0.5) is 5.95 Å². The zero-order valence-corrected chi connectivity index (χ0v) is 14.7. The van der Waals surface area contributed by atoms with Gasteiger partial charge in [-0.05, 0) is 23.8 Å². The fourth-order valence-corrected chi connectivity index (χ4v) is 3.01. The van der Waals surface area contributed by atoms with Gasteiger partial charge < -0.3 is 10.4 Å². The van der Waals surface area contributed by atoms with Gasteiger partial charge in [-0.2, -0.15) is 21.8 Å². The summed E-state index contributed by atoms with van der Waals surface area (Å²) in [5, 5.41) is 19.5. The van der Waals surface area contributed by atoms with Gasteiger partial charge in [-0.25, -0.2) is 5.10 Å². The van der Waals surface area contributed by atoms with Crippen LogP contribution in [0.2, 0.25) is 0 Å². The summed E-state index contributed by atoms with van der Waals surface area (Å²) in [6.45, 7) is 0.602. The molecule has 3 aromatic rings. The Hall–Kier alpha value is -2.94. The van der Waals surface area contributed by atoms with Crippen molar-refractivity contribution in [1.29, 1.82) is 0 Å². The Bertz CT molecular complexity index is 903. The number of nitrogens with one attached hydrogen (secondary N) is 2. The molecule has 0 aliphatic rings. The Balaban J connectivity index is 1.46. The van der Waals surface area contributed by atoms with Gasteiger partial charge in [0.15, 0.2) is 0 Å². The van der Waals surface area contributed by atoms with Gasteiger partial charge in [-0.15, -0.1) is 0 Å². The van der Waals surface area contributed by atoms with E-state index in [2.05, 4.69) is 30.5 Å². The molecule has 0 amide bonds. The number of aromatic hydroxyl groups is 1. The van der Waals surface area contributed by atoms with Crippen LogP contribution >= 0.6 is 11.8 Å². The predicted molar refractivity (Wildman–Crippen MR) is 100 cm³/mol. The molecule has 0 spiro atoms. The van der Waals surface area contributed by atoms with Crippen molar-refractivity contribution >= 4 is 17.7 Å². The van der Waals surface area contributed by atoms with Gasteiger partial charge in [-0.3, -0.25) is 14.8 Å². The van der Waals surface area contributed by atoms with Gasteiger partial charge in [0.05, 0.1) is 5.69 Å². The van der Waals surface area contributed by atoms with Gasteiger partial charge in [0.2, 0.25) is 5.95 Å². The van der Waals surface area contributed by atoms with Crippen LogP contribution in [0.15, 0.2) is 47.7 Å². The first-order valence-electron chi connectivity index (χ1n) is 8.01. The summed E-state index contributed by atoms with van der Waals surface area (Å²) in [7, 11) is 0. The van der Waals surface area contributed by atoms with Crippen molar-refractivity contribution in [3.05, 3.63) is 70.2 Å². The number of aromatic nitrogens is 5. The zero-order chi connectivity index (χ0) is 18.2. The van der Waals surface area contributed by atoms with E-state index in [0.29, 0.717) is 36.1 Å². The maximum Gasteiger partial charge on any atom is 0.296 e. The number of pyridine rings is 2. The Morgan fingerprint density at radius 1 is 1.19 bits per heavy atom. The third-order valence-electron chi connectivity index (χ3n) is 3.50. The summed E-state index contributed by atoms with van der Waals surface area (Å²) >= 11 is 1.62. The second-order valence-electron chi connectivity index (χ2n) is 5.42. The average Bonchev–Trinajstić information content (AvgIpc) is 2.66. The van der Waals surface area contributed by atoms with Crippen LogP contribution < -0.4 is 10.9 Å². The molecule has 9 heteroatoms. The number of nitrogens with zero attached hydrogens (tertiary/aromatic N) is 4. The lowest BCUT2D eigenvalue weighted by molar-refractivity contribution is 0.467. The number of rotatable bonds is 8. The van der Waals surface area contributed by atoms with Crippen LogP contribution in [0.3, 0.4) is 0 Å². The molecule has 26 heavy (non-hydrogen) atoms. The predicted octanol–water partition coefficient (Wildman–Crippen LogP) is 1.60. The molecule has 3 N–H and O–H groups in total. The van der Waals surface area contributed by atoms with E-state index >= 15 is 0 Å². The van der Waals surface area contributed by atoms with Crippen LogP contribution in [0, 0.1) is 0 Å². The van der Waals surface area contributed by atoms with Crippen molar-refractivity contribution in [1.82, 2.24) is 25.1 Å². The minimum Gasteiger partial charge on any atom is -0.506 e. The number of anilines is 1. The first-order chi connectivity index (χ1) is 12.7. The molecule has 8 nitrogen and oxygen atoms in total. The third kappa shape index (κ3) is 5.03. The normalized spacial score (nSPS) is 10.6. The van der Waals surface area contributed by atoms with Crippen molar-refractivity contribution in [3.8, 4) is 5.75 Å². The minimum atomic E-state index is -0.360. The van der Waals surface area contributed by atoms with Crippen molar-refractivity contribution < 1.29 is 5.11 Å². The molecule has 0 aliphatic heterocycles. The third-order valence-corrected chi connectivity index (χ3v) is 4.47. The molecule has 0 aliphatic carbocycles. The van der Waals surface area contributed by atoms with E-state index < -0.39 is 0 Å². The molecule has 3 rings (SSSR count). The number of H-pyrrole nitrogens is 1. The summed E-state index contributed by atoms with van der Waals surface area (Å²) in [5.41, 5.74) is 1.55. The van der Waals surface area contributed by atoms with Gasteiger partial charge in [0.1, 0.15) is 11.4 Å². The molecule has 3 aromatic heterocycles. The lowest BCUT2D eigenvalue weighted by atomic mass is 10.2. The zero-order valence-electron chi connectivity index (χ0n) is 13.9. The van der Waals surface area contributed by atoms with E-state index in [1.54, 1.807) is 42.5 Å². The van der Waals surface area contributed by atoms with E-state index in [9.17, 15) is 9.90 Å². The Kier molecular flexibility index (Phi) is 6.15.